The molecule has 0 saturated carbocycles. The van der Waals surface area contributed by atoms with Crippen molar-refractivity contribution in [2.45, 2.75) is 20.1 Å². The Labute approximate surface area is 139 Å². The van der Waals surface area contributed by atoms with Gasteiger partial charge in [-0.3, -0.25) is 4.18 Å². The van der Waals surface area contributed by atoms with Gasteiger partial charge in [-0.15, -0.1) is 0 Å². The summed E-state index contributed by atoms with van der Waals surface area (Å²) in [6.07, 6.45) is 2.53. The second-order valence-corrected chi connectivity index (χ2v) is 6.99. The molecule has 1 aromatic carbocycles. The monoisotopic (exact) mass is 347 g/mol. The number of H-pyrrole nitrogens is 1. The predicted octanol–water partition coefficient (Wildman–Crippen LogP) is 2.32. The van der Waals surface area contributed by atoms with Crippen molar-refractivity contribution in [3.63, 3.8) is 0 Å². The van der Waals surface area contributed by atoms with Crippen molar-refractivity contribution in [2.75, 3.05) is 6.26 Å². The van der Waals surface area contributed by atoms with E-state index in [4.69, 9.17) is 8.92 Å². The van der Waals surface area contributed by atoms with Crippen LogP contribution in [0.1, 0.15) is 16.8 Å². The second-order valence-electron chi connectivity index (χ2n) is 5.35. The fourth-order valence-corrected chi connectivity index (χ4v) is 2.65. The van der Waals surface area contributed by atoms with Crippen molar-refractivity contribution in [3.05, 3.63) is 53.5 Å². The third kappa shape index (κ3) is 3.72. The van der Waals surface area contributed by atoms with Crippen LogP contribution >= 0.6 is 0 Å². The largest absolute Gasteiger partial charge is 0.472 e. The van der Waals surface area contributed by atoms with Crippen LogP contribution in [0.5, 0.6) is 5.88 Å². The van der Waals surface area contributed by atoms with Crippen LogP contribution in [0.25, 0.3) is 11.0 Å². The summed E-state index contributed by atoms with van der Waals surface area (Å²) in [5.74, 6) is 0.319. The molecule has 0 aliphatic rings. The SMILES string of the molecule is Cc1nc(OCc2ccccc2)c(COS(C)(=O)=O)c2nc[nH]c12. The van der Waals surface area contributed by atoms with Gasteiger partial charge >= 0.3 is 0 Å². The minimum Gasteiger partial charge on any atom is -0.472 e. The molecule has 2 heterocycles. The van der Waals surface area contributed by atoms with Gasteiger partial charge in [-0.1, -0.05) is 30.3 Å². The highest BCUT2D eigenvalue weighted by atomic mass is 32.2. The van der Waals surface area contributed by atoms with Crippen molar-refractivity contribution in [1.82, 2.24) is 15.0 Å². The molecule has 0 aliphatic heterocycles. The molecule has 0 amide bonds. The summed E-state index contributed by atoms with van der Waals surface area (Å²) >= 11 is 0. The highest BCUT2D eigenvalue weighted by Crippen LogP contribution is 2.27. The fourth-order valence-electron chi connectivity index (χ4n) is 2.32. The summed E-state index contributed by atoms with van der Waals surface area (Å²) in [4.78, 5) is 11.7. The molecule has 7 nitrogen and oxygen atoms in total. The van der Waals surface area contributed by atoms with Gasteiger partial charge in [-0.05, 0) is 12.5 Å². The average molecular weight is 347 g/mol. The van der Waals surface area contributed by atoms with E-state index in [1.165, 1.54) is 6.33 Å². The summed E-state index contributed by atoms with van der Waals surface area (Å²) in [7, 11) is -3.59. The minimum absolute atomic E-state index is 0.183. The highest BCUT2D eigenvalue weighted by Gasteiger charge is 2.18. The molecule has 0 radical (unpaired) electrons. The first kappa shape index (κ1) is 16.4. The summed E-state index contributed by atoms with van der Waals surface area (Å²) in [5, 5.41) is 0. The topological polar surface area (TPSA) is 94.2 Å². The number of pyridine rings is 1. The minimum atomic E-state index is -3.59. The number of fused-ring (bicyclic) bond motifs is 1. The van der Waals surface area contributed by atoms with Gasteiger partial charge in [0.25, 0.3) is 10.1 Å². The normalized spacial score (nSPS) is 11.8. The summed E-state index contributed by atoms with van der Waals surface area (Å²) < 4.78 is 33.4. The van der Waals surface area contributed by atoms with Gasteiger partial charge in [-0.25, -0.2) is 9.97 Å². The Morgan fingerprint density at radius 2 is 1.92 bits per heavy atom. The Kier molecular flexibility index (Phi) is 4.50. The van der Waals surface area contributed by atoms with Gasteiger partial charge in [0, 0.05) is 0 Å². The average Bonchev–Trinajstić information content (AvgIpc) is 3.02. The molecule has 2 aromatic heterocycles. The number of hydrogen-bond acceptors (Lipinski definition) is 6. The van der Waals surface area contributed by atoms with Crippen molar-refractivity contribution >= 4 is 21.2 Å². The molecule has 8 heteroatoms. The molecule has 24 heavy (non-hydrogen) atoms. The van der Waals surface area contributed by atoms with Crippen LogP contribution in [0, 0.1) is 6.92 Å². The second kappa shape index (κ2) is 6.58. The van der Waals surface area contributed by atoms with Gasteiger partial charge in [-0.2, -0.15) is 8.42 Å². The molecule has 0 spiro atoms. The third-order valence-electron chi connectivity index (χ3n) is 3.45. The molecule has 0 fully saturated rings. The van der Waals surface area contributed by atoms with Crippen LogP contribution in [-0.2, 0) is 27.5 Å². The molecule has 0 bridgehead atoms. The molecule has 0 saturated heterocycles. The zero-order valence-corrected chi connectivity index (χ0v) is 14.1. The molecular formula is C16H17N3O4S. The lowest BCUT2D eigenvalue weighted by atomic mass is 10.2. The van der Waals surface area contributed by atoms with E-state index in [0.29, 0.717) is 29.3 Å². The maximum atomic E-state index is 11.3. The highest BCUT2D eigenvalue weighted by molar-refractivity contribution is 7.85. The zero-order chi connectivity index (χ0) is 17.2. The lowest BCUT2D eigenvalue weighted by Crippen LogP contribution is -2.08. The van der Waals surface area contributed by atoms with Crippen LogP contribution in [0.15, 0.2) is 36.7 Å². The molecule has 3 aromatic rings. The lowest BCUT2D eigenvalue weighted by Gasteiger charge is -2.12. The Balaban J connectivity index is 1.95. The Morgan fingerprint density at radius 3 is 2.62 bits per heavy atom. The van der Waals surface area contributed by atoms with Crippen molar-refractivity contribution in [1.29, 1.82) is 0 Å². The first-order valence-corrected chi connectivity index (χ1v) is 9.09. The van der Waals surface area contributed by atoms with Crippen molar-refractivity contribution < 1.29 is 17.3 Å². The zero-order valence-electron chi connectivity index (χ0n) is 13.3. The number of benzene rings is 1. The van der Waals surface area contributed by atoms with E-state index in [9.17, 15) is 8.42 Å². The van der Waals surface area contributed by atoms with Gasteiger partial charge in [0.05, 0.1) is 36.0 Å². The Morgan fingerprint density at radius 1 is 1.17 bits per heavy atom. The van der Waals surface area contributed by atoms with E-state index in [-0.39, 0.29) is 6.61 Å². The predicted molar refractivity (Wildman–Crippen MR) is 89.0 cm³/mol. The van der Waals surface area contributed by atoms with Gasteiger partial charge < -0.3 is 9.72 Å². The smallest absolute Gasteiger partial charge is 0.264 e. The van der Waals surface area contributed by atoms with Crippen LogP contribution in [-0.4, -0.2) is 29.6 Å². The van der Waals surface area contributed by atoms with E-state index >= 15 is 0 Å². The van der Waals surface area contributed by atoms with Gasteiger partial charge in [0.1, 0.15) is 12.1 Å². The lowest BCUT2D eigenvalue weighted by molar-refractivity contribution is 0.269. The molecule has 0 aliphatic carbocycles. The molecule has 3 rings (SSSR count). The molecule has 126 valence electrons. The fraction of sp³-hybridized carbons (Fsp3) is 0.250. The van der Waals surface area contributed by atoms with Crippen LogP contribution < -0.4 is 4.74 Å². The number of nitrogens with one attached hydrogen (secondary N) is 1. The number of nitrogens with zero attached hydrogens (tertiary/aromatic N) is 2. The third-order valence-corrected chi connectivity index (χ3v) is 4.00. The Hall–Kier alpha value is -2.45. The molecular weight excluding hydrogens is 330 g/mol. The van der Waals surface area contributed by atoms with Gasteiger partial charge in [0.2, 0.25) is 5.88 Å². The van der Waals surface area contributed by atoms with Gasteiger partial charge in [0.15, 0.2) is 0 Å². The van der Waals surface area contributed by atoms with E-state index in [1.807, 2.05) is 37.3 Å². The number of aromatic nitrogens is 3. The van der Waals surface area contributed by atoms with Crippen LogP contribution in [0.3, 0.4) is 0 Å². The van der Waals surface area contributed by atoms with Crippen molar-refractivity contribution in [3.8, 4) is 5.88 Å². The van der Waals surface area contributed by atoms with Crippen LogP contribution in [0.2, 0.25) is 0 Å². The van der Waals surface area contributed by atoms with Crippen molar-refractivity contribution in [2.24, 2.45) is 0 Å². The van der Waals surface area contributed by atoms with E-state index in [2.05, 4.69) is 15.0 Å². The molecule has 1 N–H and O–H groups in total. The number of aromatic amines is 1. The van der Waals surface area contributed by atoms with E-state index < -0.39 is 10.1 Å². The number of ether oxygens (including phenoxy) is 1. The first-order valence-electron chi connectivity index (χ1n) is 7.28. The molecule has 0 atom stereocenters. The number of rotatable bonds is 6. The summed E-state index contributed by atoms with van der Waals surface area (Å²) in [6, 6.07) is 9.64. The quantitative estimate of drug-likeness (QED) is 0.688. The summed E-state index contributed by atoms with van der Waals surface area (Å²) in [6.45, 7) is 1.96. The maximum Gasteiger partial charge on any atom is 0.264 e. The van der Waals surface area contributed by atoms with Crippen LogP contribution in [0.4, 0.5) is 0 Å². The standard InChI is InChI=1S/C16H17N3O4S/c1-11-14-15(18-10-17-14)13(9-23-24(2,20)21)16(19-11)22-8-12-6-4-3-5-7-12/h3-7,10H,8-9H2,1-2H3,(H,17,18). The number of imidazole rings is 1. The van der Waals surface area contributed by atoms with E-state index in [0.717, 1.165) is 17.3 Å². The molecule has 0 unspecified atom stereocenters. The summed E-state index contributed by atoms with van der Waals surface area (Å²) in [5.41, 5.74) is 3.52. The van der Waals surface area contributed by atoms with E-state index in [1.54, 1.807) is 0 Å². The number of hydrogen-bond donors (Lipinski definition) is 1. The maximum absolute atomic E-state index is 11.3. The first-order chi connectivity index (χ1) is 11.4. The number of aryl methyl sites for hydroxylation is 1. The Bertz CT molecular complexity index is 952.